The Labute approximate surface area is 287 Å². The Morgan fingerprint density at radius 3 is 2.77 bits per heavy atom. The molecular formula is C38H43ClFN3O4S. The number of hydrogen-bond acceptors (Lipinski definition) is 6. The molecule has 3 heterocycles. The summed E-state index contributed by atoms with van der Waals surface area (Å²) < 4.78 is 38.6. The zero-order valence-corrected chi connectivity index (χ0v) is 29.0. The first-order valence-corrected chi connectivity index (χ1v) is 19.1. The van der Waals surface area contributed by atoms with Crippen LogP contribution in [0.2, 0.25) is 5.02 Å². The molecule has 0 radical (unpaired) electrons. The molecule has 1 spiro atoms. The molecule has 2 aliphatic carbocycles. The van der Waals surface area contributed by atoms with E-state index in [1.165, 1.54) is 17.3 Å². The first kappa shape index (κ1) is 33.1. The molecule has 7 rings (SSSR count). The van der Waals surface area contributed by atoms with Gasteiger partial charge in [-0.2, -0.15) is 0 Å². The number of fused-ring (bicyclic) bond motifs is 4. The van der Waals surface area contributed by atoms with Crippen molar-refractivity contribution in [3.05, 3.63) is 100 Å². The smallest absolute Gasteiger partial charge is 0.262 e. The van der Waals surface area contributed by atoms with E-state index in [-0.39, 0.29) is 28.7 Å². The Kier molecular flexibility index (Phi) is 8.61. The number of ether oxygens (including phenoxy) is 1. The van der Waals surface area contributed by atoms with E-state index in [4.69, 9.17) is 16.3 Å². The van der Waals surface area contributed by atoms with E-state index >= 15 is 4.39 Å². The number of carbonyl (C=O) groups excluding carboxylic acids is 1. The van der Waals surface area contributed by atoms with Crippen molar-refractivity contribution in [3.8, 4) is 5.75 Å². The lowest BCUT2D eigenvalue weighted by Crippen LogP contribution is -2.51. The van der Waals surface area contributed by atoms with Gasteiger partial charge in [-0.05, 0) is 111 Å². The van der Waals surface area contributed by atoms with E-state index in [0.29, 0.717) is 42.5 Å². The number of carbonyl (C=O) groups is 1. The molecule has 7 atom stereocenters. The molecular weight excluding hydrogens is 649 g/mol. The fraction of sp³-hybridized carbons (Fsp3) is 0.447. The van der Waals surface area contributed by atoms with Crippen LogP contribution in [-0.2, 0) is 27.1 Å². The summed E-state index contributed by atoms with van der Waals surface area (Å²) in [6.45, 7) is 5.41. The quantitative estimate of drug-likeness (QED) is 0.221. The predicted molar refractivity (Wildman–Crippen MR) is 190 cm³/mol. The molecule has 2 aliphatic heterocycles. The summed E-state index contributed by atoms with van der Waals surface area (Å²) in [4.78, 5) is 19.9. The van der Waals surface area contributed by atoms with Crippen LogP contribution in [0.15, 0.2) is 67.0 Å². The van der Waals surface area contributed by atoms with Crippen LogP contribution in [0.25, 0.3) is 0 Å². The van der Waals surface area contributed by atoms with Crippen molar-refractivity contribution in [2.45, 2.75) is 68.6 Å². The fourth-order valence-electron chi connectivity index (χ4n) is 8.36. The molecule has 2 N–H and O–H groups in total. The monoisotopic (exact) mass is 691 g/mol. The Hall–Kier alpha value is -3.40. The van der Waals surface area contributed by atoms with Crippen molar-refractivity contribution in [2.75, 3.05) is 24.6 Å². The van der Waals surface area contributed by atoms with Gasteiger partial charge >= 0.3 is 0 Å². The van der Waals surface area contributed by atoms with Crippen molar-refractivity contribution in [1.29, 1.82) is 0 Å². The number of nitrogens with zero attached hydrogens (tertiary/aromatic N) is 2. The zero-order chi connectivity index (χ0) is 33.8. The number of aromatic nitrogens is 1. The number of pyridine rings is 1. The molecule has 254 valence electrons. The summed E-state index contributed by atoms with van der Waals surface area (Å²) in [5.74, 6) is 3.22. The average Bonchev–Trinajstić information content (AvgIpc) is 3.18. The lowest BCUT2D eigenvalue weighted by Gasteiger charge is -2.49. The zero-order valence-electron chi connectivity index (χ0n) is 27.5. The van der Waals surface area contributed by atoms with Crippen LogP contribution < -0.4 is 14.4 Å². The van der Waals surface area contributed by atoms with Gasteiger partial charge in [0.25, 0.3) is 5.91 Å². The summed E-state index contributed by atoms with van der Waals surface area (Å²) in [7, 11) is -3.05. The highest BCUT2D eigenvalue weighted by molar-refractivity contribution is 7.99. The molecule has 1 saturated carbocycles. The van der Waals surface area contributed by atoms with Gasteiger partial charge in [0.1, 0.15) is 17.2 Å². The van der Waals surface area contributed by atoms with Gasteiger partial charge in [-0.3, -0.25) is 14.5 Å². The van der Waals surface area contributed by atoms with Gasteiger partial charge in [0.2, 0.25) is 0 Å². The Bertz CT molecular complexity index is 1890. The molecule has 1 fully saturated rings. The van der Waals surface area contributed by atoms with Crippen LogP contribution in [0.5, 0.6) is 5.75 Å². The van der Waals surface area contributed by atoms with Crippen LogP contribution in [0.1, 0.15) is 73.0 Å². The number of allylic oxidation sites excluding steroid dienone is 1. The fourth-order valence-corrected chi connectivity index (χ4v) is 10.0. The number of rotatable bonds is 1. The van der Waals surface area contributed by atoms with Gasteiger partial charge in [-0.25, -0.2) is 8.60 Å². The minimum Gasteiger partial charge on any atom is -0.490 e. The third-order valence-electron chi connectivity index (χ3n) is 11.5. The van der Waals surface area contributed by atoms with Crippen molar-refractivity contribution < 1.29 is 23.2 Å². The average molecular weight is 692 g/mol. The first-order valence-electron chi connectivity index (χ1n) is 16.9. The van der Waals surface area contributed by atoms with E-state index in [2.05, 4.69) is 32.6 Å². The predicted octanol–water partition coefficient (Wildman–Crippen LogP) is 6.61. The lowest BCUT2D eigenvalue weighted by atomic mass is 9.62. The van der Waals surface area contributed by atoms with Gasteiger partial charge in [0.05, 0.1) is 28.2 Å². The van der Waals surface area contributed by atoms with E-state index in [1.54, 1.807) is 18.2 Å². The topological polar surface area (TPSA) is 91.8 Å². The molecule has 48 heavy (non-hydrogen) atoms. The van der Waals surface area contributed by atoms with Crippen LogP contribution >= 0.6 is 11.6 Å². The molecule has 2 bridgehead atoms. The Balaban J connectivity index is 1.36. The highest BCUT2D eigenvalue weighted by Crippen LogP contribution is 2.51. The summed E-state index contributed by atoms with van der Waals surface area (Å²) in [5.41, 5.74) is 1.88. The molecule has 1 aromatic heterocycles. The Morgan fingerprint density at radius 2 is 2.00 bits per heavy atom. The van der Waals surface area contributed by atoms with Gasteiger partial charge < -0.3 is 14.7 Å². The number of halogens is 2. The second kappa shape index (κ2) is 12.5. The van der Waals surface area contributed by atoms with Crippen molar-refractivity contribution >= 4 is 38.8 Å². The minimum absolute atomic E-state index is 0.0174. The third kappa shape index (κ3) is 5.81. The SMILES string of the molecule is C=S1(=O)NC(=O)c2ccc3c(c2)N(C[C@@H]2CC[C@H]2[C@](O)(c2ccncc2F)/C=C/C[C@H](C)[C@H]1C)C[C@@]1(CCCc2cc(Cl)ccc21)CO3. The highest BCUT2D eigenvalue weighted by atomic mass is 35.5. The summed E-state index contributed by atoms with van der Waals surface area (Å²) in [5, 5.41) is 12.7. The minimum atomic E-state index is -3.05. The van der Waals surface area contributed by atoms with Gasteiger partial charge in [0.15, 0.2) is 0 Å². The molecule has 1 unspecified atom stereocenters. The molecule has 4 aliphatic rings. The normalized spacial score (nSPS) is 34.1. The number of aliphatic hydroxyl groups is 1. The summed E-state index contributed by atoms with van der Waals surface area (Å²) in [6, 6.07) is 13.1. The summed E-state index contributed by atoms with van der Waals surface area (Å²) >= 11 is 6.44. The van der Waals surface area contributed by atoms with Gasteiger partial charge in [-0.1, -0.05) is 36.7 Å². The second-order valence-electron chi connectivity index (χ2n) is 14.4. The van der Waals surface area contributed by atoms with Crippen molar-refractivity contribution in [2.24, 2.45) is 17.8 Å². The largest absolute Gasteiger partial charge is 0.490 e. The van der Waals surface area contributed by atoms with E-state index in [1.807, 2.05) is 38.1 Å². The molecule has 1 amide bonds. The van der Waals surface area contributed by atoms with Crippen LogP contribution in [-0.4, -0.2) is 51.0 Å². The van der Waals surface area contributed by atoms with E-state index in [0.717, 1.165) is 44.0 Å². The van der Waals surface area contributed by atoms with E-state index in [9.17, 15) is 14.1 Å². The number of hydrogen-bond donors (Lipinski definition) is 2. The maximum Gasteiger partial charge on any atom is 0.262 e. The number of anilines is 1. The number of amides is 1. The lowest BCUT2D eigenvalue weighted by molar-refractivity contribution is -0.0522. The first-order chi connectivity index (χ1) is 22.9. The summed E-state index contributed by atoms with van der Waals surface area (Å²) in [6.07, 6.45) is 11.1. The molecule has 7 nitrogen and oxygen atoms in total. The van der Waals surface area contributed by atoms with Gasteiger partial charge in [-0.15, -0.1) is 0 Å². The number of benzene rings is 2. The maximum absolute atomic E-state index is 15.4. The second-order valence-corrected chi connectivity index (χ2v) is 17.2. The van der Waals surface area contributed by atoms with Crippen molar-refractivity contribution in [1.82, 2.24) is 9.71 Å². The molecule has 3 aromatic rings. The number of aryl methyl sites for hydroxylation is 1. The van der Waals surface area contributed by atoms with E-state index < -0.39 is 32.3 Å². The third-order valence-corrected chi connectivity index (χ3v) is 13.9. The van der Waals surface area contributed by atoms with Crippen LogP contribution in [0.3, 0.4) is 0 Å². The molecule has 2 aromatic carbocycles. The molecule has 10 heteroatoms. The standard InChI is InChI=1S/C38H43ClFN3O4S/c1-24-6-4-16-38(45,32-14-17-41-20-33(32)40)31-11-8-28(31)21-43-22-37(15-5-7-26-18-29(39)10-12-30(26)37)23-47-35-13-9-27(19-34(35)43)36(44)42-48(3,46)25(24)2/h4,9-10,12-14,16-20,24-25,28,31,45H,3,5-8,11,15,21-23H2,1-2H3,(H,42,44,46)/b16-4+/t24-,25+,28-,31+,37-,38-,48?/m0/s1. The van der Waals surface area contributed by atoms with Crippen molar-refractivity contribution in [3.63, 3.8) is 0 Å². The highest BCUT2D eigenvalue weighted by Gasteiger charge is 2.49. The maximum atomic E-state index is 15.4. The van der Waals surface area contributed by atoms with Crippen LogP contribution in [0.4, 0.5) is 10.1 Å². The van der Waals surface area contributed by atoms with Gasteiger partial charge in [0, 0.05) is 52.0 Å². The Morgan fingerprint density at radius 1 is 1.17 bits per heavy atom. The van der Waals surface area contributed by atoms with Crippen LogP contribution in [0, 0.1) is 23.6 Å². The number of nitrogens with one attached hydrogen (secondary N) is 1. The molecule has 0 saturated heterocycles.